The van der Waals surface area contributed by atoms with Crippen LogP contribution in [0.4, 0.5) is 5.82 Å². The molecule has 0 amide bonds. The molecule has 0 fully saturated rings. The highest BCUT2D eigenvalue weighted by Crippen LogP contribution is 2.19. The number of rotatable bonds is 6. The summed E-state index contributed by atoms with van der Waals surface area (Å²) in [5.41, 5.74) is 0.585. The molecule has 106 valence electrons. The molecule has 1 aromatic heterocycles. The maximum absolute atomic E-state index is 11.0. The lowest BCUT2D eigenvalue weighted by molar-refractivity contribution is 0.0684. The highest BCUT2D eigenvalue weighted by molar-refractivity contribution is 7.84. The minimum absolute atomic E-state index is 0.231. The van der Waals surface area contributed by atoms with E-state index in [0.717, 1.165) is 11.8 Å². The van der Waals surface area contributed by atoms with Gasteiger partial charge in [-0.1, -0.05) is 12.1 Å². The summed E-state index contributed by atoms with van der Waals surface area (Å²) in [6, 6.07) is 7.22. The van der Waals surface area contributed by atoms with Gasteiger partial charge < -0.3 is 10.4 Å². The van der Waals surface area contributed by atoms with E-state index in [1.54, 1.807) is 18.4 Å². The van der Waals surface area contributed by atoms with Crippen LogP contribution in [0.3, 0.4) is 0 Å². The monoisotopic (exact) mass is 293 g/mol. The molecule has 0 aliphatic rings. The third-order valence-corrected chi connectivity index (χ3v) is 3.56. The van der Waals surface area contributed by atoms with E-state index in [1.807, 2.05) is 12.1 Å². The Bertz CT molecular complexity index is 660. The largest absolute Gasteiger partial charge is 0.475 e. The maximum atomic E-state index is 11.0. The van der Waals surface area contributed by atoms with Crippen LogP contribution < -0.4 is 5.32 Å². The van der Waals surface area contributed by atoms with E-state index >= 15 is 0 Å². The molecule has 2 aromatic rings. The lowest BCUT2D eigenvalue weighted by Gasteiger charge is -2.09. The Labute approximate surface area is 118 Å². The minimum atomic E-state index is -1.16. The van der Waals surface area contributed by atoms with E-state index in [-0.39, 0.29) is 5.82 Å². The first-order chi connectivity index (χ1) is 9.58. The van der Waals surface area contributed by atoms with Gasteiger partial charge in [-0.2, -0.15) is 0 Å². The molecular formula is C13H15N3O3S. The van der Waals surface area contributed by atoms with Gasteiger partial charge in [0.1, 0.15) is 5.82 Å². The second-order valence-corrected chi connectivity index (χ2v) is 5.83. The first-order valence-electron chi connectivity index (χ1n) is 6.12. The van der Waals surface area contributed by atoms with Crippen molar-refractivity contribution in [1.29, 1.82) is 0 Å². The van der Waals surface area contributed by atoms with Gasteiger partial charge in [-0.3, -0.25) is 4.21 Å². The predicted octanol–water partition coefficient (Wildman–Crippen LogP) is 1.51. The first kappa shape index (κ1) is 14.4. The second-order valence-electron chi connectivity index (χ2n) is 4.28. The molecule has 2 rings (SSSR count). The van der Waals surface area contributed by atoms with E-state index < -0.39 is 16.8 Å². The lowest BCUT2D eigenvalue weighted by Crippen LogP contribution is -2.11. The zero-order valence-electron chi connectivity index (χ0n) is 11.0. The zero-order chi connectivity index (χ0) is 14.5. The standard InChI is InChI=1S/C13H15N3O3S/c1-20(19)8-4-7-14-11-9-5-2-3-6-10(9)15-12(16-11)13(17)18/h2-3,5-6H,4,7-8H2,1H3,(H,17,18)(H,14,15,16). The van der Waals surface area contributed by atoms with Gasteiger partial charge in [-0.25, -0.2) is 14.8 Å². The summed E-state index contributed by atoms with van der Waals surface area (Å²) < 4.78 is 11.0. The third-order valence-electron chi connectivity index (χ3n) is 2.70. The summed E-state index contributed by atoms with van der Waals surface area (Å²) in [7, 11) is -0.829. The lowest BCUT2D eigenvalue weighted by atomic mass is 10.2. The predicted molar refractivity (Wildman–Crippen MR) is 78.5 cm³/mol. The molecule has 0 aliphatic carbocycles. The highest BCUT2D eigenvalue weighted by atomic mass is 32.2. The Morgan fingerprint density at radius 3 is 2.80 bits per heavy atom. The smallest absolute Gasteiger partial charge is 0.374 e. The molecule has 7 heteroatoms. The third kappa shape index (κ3) is 3.51. The summed E-state index contributed by atoms with van der Waals surface area (Å²) in [4.78, 5) is 19.0. The molecule has 6 nitrogen and oxygen atoms in total. The SMILES string of the molecule is CS(=O)CCCNc1nc(C(=O)O)nc2ccccc12. The molecular weight excluding hydrogens is 278 g/mol. The van der Waals surface area contributed by atoms with Crippen molar-refractivity contribution in [1.82, 2.24) is 9.97 Å². The van der Waals surface area contributed by atoms with Gasteiger partial charge in [-0.15, -0.1) is 0 Å². The Balaban J connectivity index is 2.25. The van der Waals surface area contributed by atoms with Gasteiger partial charge in [0.05, 0.1) is 5.52 Å². The molecule has 0 aliphatic heterocycles. The molecule has 20 heavy (non-hydrogen) atoms. The van der Waals surface area contributed by atoms with Crippen molar-refractivity contribution < 1.29 is 14.1 Å². The van der Waals surface area contributed by atoms with Crippen LogP contribution in [0.2, 0.25) is 0 Å². The van der Waals surface area contributed by atoms with Crippen LogP contribution in [-0.2, 0) is 10.8 Å². The quantitative estimate of drug-likeness (QED) is 0.784. The zero-order valence-corrected chi connectivity index (χ0v) is 11.8. The number of para-hydroxylation sites is 1. The number of aromatic nitrogens is 2. The number of carboxylic acid groups (broad SMARTS) is 1. The number of nitrogens with one attached hydrogen (secondary N) is 1. The first-order valence-corrected chi connectivity index (χ1v) is 7.84. The molecule has 1 atom stereocenters. The maximum Gasteiger partial charge on any atom is 0.374 e. The van der Waals surface area contributed by atoms with Crippen LogP contribution in [0.1, 0.15) is 17.0 Å². The Kier molecular flexibility index (Phi) is 4.62. The van der Waals surface area contributed by atoms with Gasteiger partial charge >= 0.3 is 5.97 Å². The van der Waals surface area contributed by atoms with Crippen molar-refractivity contribution in [3.05, 3.63) is 30.1 Å². The van der Waals surface area contributed by atoms with Crippen molar-refractivity contribution in [2.24, 2.45) is 0 Å². The number of benzene rings is 1. The fourth-order valence-corrected chi connectivity index (χ4v) is 2.34. The van der Waals surface area contributed by atoms with Crippen LogP contribution >= 0.6 is 0 Å². The molecule has 0 radical (unpaired) electrons. The number of aromatic carboxylic acids is 1. The van der Waals surface area contributed by atoms with Crippen molar-refractivity contribution in [3.8, 4) is 0 Å². The highest BCUT2D eigenvalue weighted by Gasteiger charge is 2.12. The number of anilines is 1. The average molecular weight is 293 g/mol. The van der Waals surface area contributed by atoms with Crippen LogP contribution in [0.25, 0.3) is 10.9 Å². The van der Waals surface area contributed by atoms with Gasteiger partial charge in [0.25, 0.3) is 0 Å². The second kappa shape index (κ2) is 6.42. The average Bonchev–Trinajstić information content (AvgIpc) is 2.42. The topological polar surface area (TPSA) is 92.2 Å². The number of hydrogen-bond donors (Lipinski definition) is 2. The van der Waals surface area contributed by atoms with Crippen molar-refractivity contribution in [2.45, 2.75) is 6.42 Å². The molecule has 0 spiro atoms. The molecule has 0 saturated carbocycles. The van der Waals surface area contributed by atoms with E-state index in [4.69, 9.17) is 5.11 Å². The minimum Gasteiger partial charge on any atom is -0.475 e. The van der Waals surface area contributed by atoms with Crippen molar-refractivity contribution in [2.75, 3.05) is 23.9 Å². The molecule has 1 unspecified atom stereocenters. The number of hydrogen-bond acceptors (Lipinski definition) is 5. The Morgan fingerprint density at radius 2 is 2.10 bits per heavy atom. The molecule has 2 N–H and O–H groups in total. The van der Waals surface area contributed by atoms with Gasteiger partial charge in [0.2, 0.25) is 5.82 Å². The normalized spacial score (nSPS) is 12.2. The number of carbonyl (C=O) groups is 1. The summed E-state index contributed by atoms with van der Waals surface area (Å²) >= 11 is 0. The van der Waals surface area contributed by atoms with Crippen LogP contribution in [0.5, 0.6) is 0 Å². The van der Waals surface area contributed by atoms with E-state index in [2.05, 4.69) is 15.3 Å². The Morgan fingerprint density at radius 1 is 1.35 bits per heavy atom. The van der Waals surface area contributed by atoms with Crippen LogP contribution in [0, 0.1) is 0 Å². The Hall–Kier alpha value is -2.02. The van der Waals surface area contributed by atoms with Gasteiger partial charge in [0, 0.05) is 34.7 Å². The summed E-state index contributed by atoms with van der Waals surface area (Å²) in [5.74, 6) is -0.296. The number of fused-ring (bicyclic) bond motifs is 1. The summed E-state index contributed by atoms with van der Waals surface area (Å²) in [6.07, 6.45) is 2.38. The van der Waals surface area contributed by atoms with Crippen molar-refractivity contribution in [3.63, 3.8) is 0 Å². The fraction of sp³-hybridized carbons (Fsp3) is 0.308. The molecule has 0 bridgehead atoms. The number of nitrogens with zero attached hydrogens (tertiary/aromatic N) is 2. The van der Waals surface area contributed by atoms with Crippen LogP contribution in [0.15, 0.2) is 24.3 Å². The molecule has 1 heterocycles. The van der Waals surface area contributed by atoms with Gasteiger partial charge in [-0.05, 0) is 18.6 Å². The fourth-order valence-electron chi connectivity index (χ4n) is 1.79. The van der Waals surface area contributed by atoms with E-state index in [1.165, 1.54) is 0 Å². The van der Waals surface area contributed by atoms with Gasteiger partial charge in [0.15, 0.2) is 0 Å². The van der Waals surface area contributed by atoms with Crippen molar-refractivity contribution >= 4 is 33.5 Å². The van der Waals surface area contributed by atoms with E-state index in [9.17, 15) is 9.00 Å². The van der Waals surface area contributed by atoms with E-state index in [0.29, 0.717) is 23.6 Å². The van der Waals surface area contributed by atoms with Crippen LogP contribution in [-0.4, -0.2) is 43.8 Å². The summed E-state index contributed by atoms with van der Waals surface area (Å²) in [5, 5.41) is 12.9. The summed E-state index contributed by atoms with van der Waals surface area (Å²) in [6.45, 7) is 0.583. The molecule has 0 saturated heterocycles. The molecule has 1 aromatic carbocycles. The number of carboxylic acids is 1.